The third kappa shape index (κ3) is 4.18. The van der Waals surface area contributed by atoms with E-state index in [1.807, 2.05) is 37.2 Å². The van der Waals surface area contributed by atoms with Crippen molar-refractivity contribution in [2.75, 3.05) is 27.2 Å². The van der Waals surface area contributed by atoms with Crippen molar-refractivity contribution in [2.45, 2.75) is 63.9 Å². The number of amides is 2. The summed E-state index contributed by atoms with van der Waals surface area (Å²) in [5.41, 5.74) is 0.870. The van der Waals surface area contributed by atoms with E-state index in [0.717, 1.165) is 56.5 Å². The smallest absolute Gasteiger partial charge is 0.225 e. The molecule has 0 unspecified atom stereocenters. The molecule has 0 saturated carbocycles. The van der Waals surface area contributed by atoms with Crippen molar-refractivity contribution in [3.8, 4) is 5.75 Å². The molecule has 154 valence electrons. The third-order valence-electron chi connectivity index (χ3n) is 6.54. The second-order valence-corrected chi connectivity index (χ2v) is 8.55. The largest absolute Gasteiger partial charge is 0.487 e. The molecule has 5 heteroatoms. The number of likely N-dealkylation sites (tertiary alicyclic amines) is 1. The molecule has 1 atom stereocenters. The highest BCUT2D eigenvalue weighted by Crippen LogP contribution is 2.46. The molecule has 3 rings (SSSR count). The Kier molecular flexibility index (Phi) is 6.31. The molecule has 0 N–H and O–H groups in total. The topological polar surface area (TPSA) is 49.9 Å². The second kappa shape index (κ2) is 8.54. The summed E-state index contributed by atoms with van der Waals surface area (Å²) in [5.74, 6) is 1.65. The molecule has 1 saturated heterocycles. The van der Waals surface area contributed by atoms with Crippen molar-refractivity contribution in [3.63, 3.8) is 0 Å². The maximum absolute atomic E-state index is 12.7. The van der Waals surface area contributed by atoms with Crippen molar-refractivity contribution in [1.82, 2.24) is 9.80 Å². The highest BCUT2D eigenvalue weighted by molar-refractivity contribution is 5.79. The van der Waals surface area contributed by atoms with E-state index in [2.05, 4.69) is 19.9 Å². The molecule has 28 heavy (non-hydrogen) atoms. The third-order valence-corrected chi connectivity index (χ3v) is 6.54. The van der Waals surface area contributed by atoms with Gasteiger partial charge in [-0.1, -0.05) is 32.0 Å². The van der Waals surface area contributed by atoms with E-state index in [1.54, 1.807) is 4.90 Å². The Balaban J connectivity index is 1.75. The van der Waals surface area contributed by atoms with E-state index in [1.165, 1.54) is 0 Å². The van der Waals surface area contributed by atoms with E-state index < -0.39 is 0 Å². The molecule has 1 fully saturated rings. The molecule has 2 aliphatic heterocycles. The van der Waals surface area contributed by atoms with Gasteiger partial charge in [0.05, 0.1) is 0 Å². The molecular formula is C23H34N2O3. The summed E-state index contributed by atoms with van der Waals surface area (Å²) in [6.45, 7) is 5.66. The molecule has 5 nitrogen and oxygen atoms in total. The number of carbonyl (C=O) groups is 2. The second-order valence-electron chi connectivity index (χ2n) is 8.55. The first-order chi connectivity index (χ1) is 13.4. The summed E-state index contributed by atoms with van der Waals surface area (Å²) in [4.78, 5) is 28.8. The lowest BCUT2D eigenvalue weighted by atomic mass is 9.76. The maximum atomic E-state index is 12.7. The van der Waals surface area contributed by atoms with Gasteiger partial charge in [0.25, 0.3) is 0 Å². The number of rotatable bonds is 5. The predicted octanol–water partition coefficient (Wildman–Crippen LogP) is 3.83. The van der Waals surface area contributed by atoms with E-state index in [9.17, 15) is 9.59 Å². The minimum absolute atomic E-state index is 0.132. The van der Waals surface area contributed by atoms with Crippen LogP contribution in [0, 0.1) is 5.92 Å². The fraction of sp³-hybridized carbons (Fsp3) is 0.652. The van der Waals surface area contributed by atoms with Crippen LogP contribution in [0.25, 0.3) is 0 Å². The number of nitrogens with zero attached hydrogens (tertiary/aromatic N) is 2. The fourth-order valence-electron chi connectivity index (χ4n) is 4.66. The van der Waals surface area contributed by atoms with Crippen molar-refractivity contribution in [3.05, 3.63) is 29.8 Å². The maximum Gasteiger partial charge on any atom is 0.225 e. The zero-order chi connectivity index (χ0) is 20.3. The van der Waals surface area contributed by atoms with Crippen LogP contribution >= 0.6 is 0 Å². The molecule has 1 spiro atoms. The van der Waals surface area contributed by atoms with Gasteiger partial charge in [0.15, 0.2) is 0 Å². The molecule has 1 aromatic carbocycles. The molecular weight excluding hydrogens is 352 g/mol. The first-order valence-corrected chi connectivity index (χ1v) is 10.7. The van der Waals surface area contributed by atoms with Gasteiger partial charge in [-0.3, -0.25) is 9.59 Å². The number of ether oxygens (including phenoxy) is 1. The quantitative estimate of drug-likeness (QED) is 0.773. The molecule has 2 heterocycles. The van der Waals surface area contributed by atoms with Gasteiger partial charge in [0.2, 0.25) is 11.8 Å². The van der Waals surface area contributed by atoms with Crippen molar-refractivity contribution < 1.29 is 14.3 Å². The summed E-state index contributed by atoms with van der Waals surface area (Å²) in [5, 5.41) is 0. The summed E-state index contributed by atoms with van der Waals surface area (Å²) in [6, 6.07) is 8.12. The van der Waals surface area contributed by atoms with E-state index >= 15 is 0 Å². The molecule has 0 radical (unpaired) electrons. The molecule has 1 aromatic rings. The molecule has 0 aromatic heterocycles. The Morgan fingerprint density at radius 3 is 2.43 bits per heavy atom. The summed E-state index contributed by atoms with van der Waals surface area (Å²) in [7, 11) is 3.62. The molecule has 2 aliphatic rings. The minimum atomic E-state index is -0.268. The Morgan fingerprint density at radius 1 is 1.18 bits per heavy atom. The van der Waals surface area contributed by atoms with Gasteiger partial charge in [-0.05, 0) is 30.9 Å². The summed E-state index contributed by atoms with van der Waals surface area (Å²) >= 11 is 0. The first-order valence-electron chi connectivity index (χ1n) is 10.7. The highest BCUT2D eigenvalue weighted by atomic mass is 16.5. The SMILES string of the molecule is CCC(CC)C(=O)N1CCC2(CC1)C[C@H](CC(=O)N(C)C)c1ccccc1O2. The van der Waals surface area contributed by atoms with Gasteiger partial charge in [0, 0.05) is 58.3 Å². The Morgan fingerprint density at radius 2 is 1.82 bits per heavy atom. The number of benzene rings is 1. The van der Waals surface area contributed by atoms with E-state index in [0.29, 0.717) is 6.42 Å². The lowest BCUT2D eigenvalue weighted by Crippen LogP contribution is -2.53. The highest BCUT2D eigenvalue weighted by Gasteiger charge is 2.44. The Labute approximate surface area is 169 Å². The van der Waals surface area contributed by atoms with Gasteiger partial charge in [-0.2, -0.15) is 0 Å². The monoisotopic (exact) mass is 386 g/mol. The zero-order valence-corrected chi connectivity index (χ0v) is 17.7. The van der Waals surface area contributed by atoms with Crippen molar-refractivity contribution in [2.24, 2.45) is 5.92 Å². The Bertz CT molecular complexity index is 704. The van der Waals surface area contributed by atoms with Crippen LogP contribution in [0.2, 0.25) is 0 Å². The van der Waals surface area contributed by atoms with Crippen LogP contribution in [0.3, 0.4) is 0 Å². The predicted molar refractivity (Wildman–Crippen MR) is 110 cm³/mol. The fourth-order valence-corrected chi connectivity index (χ4v) is 4.66. The van der Waals surface area contributed by atoms with Crippen LogP contribution < -0.4 is 4.74 Å². The van der Waals surface area contributed by atoms with Crippen LogP contribution in [0.15, 0.2) is 24.3 Å². The Hall–Kier alpha value is -2.04. The average molecular weight is 387 g/mol. The summed E-state index contributed by atoms with van der Waals surface area (Å²) < 4.78 is 6.51. The standard InChI is InChI=1S/C23H34N2O3/c1-5-17(6-2)22(27)25-13-11-23(12-14-25)16-18(15-21(26)24(3)4)19-9-7-8-10-20(19)28-23/h7-10,17-18H,5-6,11-16H2,1-4H3/t18-/m0/s1. The van der Waals surface area contributed by atoms with E-state index in [4.69, 9.17) is 4.74 Å². The number of fused-ring (bicyclic) bond motifs is 1. The zero-order valence-electron chi connectivity index (χ0n) is 17.7. The van der Waals surface area contributed by atoms with Crippen molar-refractivity contribution >= 4 is 11.8 Å². The summed E-state index contributed by atoms with van der Waals surface area (Å²) in [6.07, 6.45) is 4.81. The number of hydrogen-bond acceptors (Lipinski definition) is 3. The number of piperidine rings is 1. The minimum Gasteiger partial charge on any atom is -0.487 e. The number of para-hydroxylation sites is 1. The van der Waals surface area contributed by atoms with Crippen LogP contribution in [-0.4, -0.2) is 54.4 Å². The lowest BCUT2D eigenvalue weighted by molar-refractivity contribution is -0.140. The lowest BCUT2D eigenvalue weighted by Gasteiger charge is -2.47. The van der Waals surface area contributed by atoms with Crippen LogP contribution in [0.1, 0.15) is 63.9 Å². The number of hydrogen-bond donors (Lipinski definition) is 0. The number of carbonyl (C=O) groups excluding carboxylic acids is 2. The van der Waals surface area contributed by atoms with Gasteiger partial charge in [-0.25, -0.2) is 0 Å². The van der Waals surface area contributed by atoms with E-state index in [-0.39, 0.29) is 29.3 Å². The normalized spacial score (nSPS) is 20.6. The van der Waals surface area contributed by atoms with Crippen LogP contribution in [0.4, 0.5) is 0 Å². The van der Waals surface area contributed by atoms with Crippen LogP contribution in [-0.2, 0) is 9.59 Å². The molecule has 2 amide bonds. The van der Waals surface area contributed by atoms with Crippen LogP contribution in [0.5, 0.6) is 5.75 Å². The average Bonchev–Trinajstić information content (AvgIpc) is 2.69. The molecule has 0 aliphatic carbocycles. The van der Waals surface area contributed by atoms with Gasteiger partial charge in [-0.15, -0.1) is 0 Å². The van der Waals surface area contributed by atoms with Gasteiger partial charge in [0.1, 0.15) is 11.4 Å². The molecule has 0 bridgehead atoms. The van der Waals surface area contributed by atoms with Gasteiger partial charge >= 0.3 is 0 Å². The van der Waals surface area contributed by atoms with Crippen molar-refractivity contribution in [1.29, 1.82) is 0 Å². The first kappa shape index (κ1) is 20.7. The van der Waals surface area contributed by atoms with Gasteiger partial charge < -0.3 is 14.5 Å².